The Labute approximate surface area is 142 Å². The third kappa shape index (κ3) is 6.48. The van der Waals surface area contributed by atoms with Crippen LogP contribution in [0.5, 0.6) is 0 Å². The fourth-order valence-electron chi connectivity index (χ4n) is 2.66. The molecule has 2 rings (SSSR count). The molecule has 6 heteroatoms. The Morgan fingerprint density at radius 1 is 1.09 bits per heavy atom. The van der Waals surface area contributed by atoms with Gasteiger partial charge in [-0.25, -0.2) is 4.79 Å². The van der Waals surface area contributed by atoms with Gasteiger partial charge < -0.3 is 15.5 Å². The van der Waals surface area contributed by atoms with Gasteiger partial charge in [-0.05, 0) is 43.4 Å². The molecule has 1 fully saturated rings. The van der Waals surface area contributed by atoms with Crippen LogP contribution in [0.25, 0.3) is 0 Å². The Balaban J connectivity index is 1.57. The molecule has 5 nitrogen and oxygen atoms in total. The van der Waals surface area contributed by atoms with Gasteiger partial charge in [-0.2, -0.15) is 0 Å². The van der Waals surface area contributed by atoms with Gasteiger partial charge in [-0.15, -0.1) is 0 Å². The summed E-state index contributed by atoms with van der Waals surface area (Å²) in [5.41, 5.74) is 1.08. The molecule has 0 saturated carbocycles. The van der Waals surface area contributed by atoms with E-state index >= 15 is 0 Å². The molecule has 1 aromatic rings. The van der Waals surface area contributed by atoms with Gasteiger partial charge in [0.25, 0.3) is 0 Å². The Kier molecular flexibility index (Phi) is 7.20. The summed E-state index contributed by atoms with van der Waals surface area (Å²) >= 11 is 5.91. The minimum Gasteiger partial charge on any atom is -0.343 e. The van der Waals surface area contributed by atoms with E-state index in [1.165, 1.54) is 6.42 Å². The molecule has 0 unspecified atom stereocenters. The van der Waals surface area contributed by atoms with Gasteiger partial charge in [-0.3, -0.25) is 4.79 Å². The van der Waals surface area contributed by atoms with E-state index in [0.717, 1.165) is 37.9 Å². The van der Waals surface area contributed by atoms with Crippen molar-refractivity contribution >= 4 is 23.5 Å². The second-order valence-corrected chi connectivity index (χ2v) is 6.19. The van der Waals surface area contributed by atoms with E-state index in [2.05, 4.69) is 10.6 Å². The van der Waals surface area contributed by atoms with Crippen molar-refractivity contribution in [2.75, 3.05) is 26.2 Å². The highest BCUT2D eigenvalue weighted by molar-refractivity contribution is 6.30. The number of hydrogen-bond donors (Lipinski definition) is 2. The lowest BCUT2D eigenvalue weighted by Gasteiger charge is -2.26. The van der Waals surface area contributed by atoms with Crippen LogP contribution < -0.4 is 10.6 Å². The molecule has 1 aromatic carbocycles. The number of carbonyl (C=O) groups excluding carboxylic acids is 2. The maximum Gasteiger partial charge on any atom is 0.314 e. The third-order valence-electron chi connectivity index (χ3n) is 3.92. The summed E-state index contributed by atoms with van der Waals surface area (Å²) in [5.74, 6) is 0.129. The molecule has 1 aliphatic rings. The predicted octanol–water partition coefficient (Wildman–Crippen LogP) is 2.58. The van der Waals surface area contributed by atoms with E-state index in [-0.39, 0.29) is 11.9 Å². The molecule has 1 heterocycles. The van der Waals surface area contributed by atoms with Crippen molar-refractivity contribution in [2.45, 2.75) is 32.1 Å². The van der Waals surface area contributed by atoms with Crippen LogP contribution in [-0.4, -0.2) is 43.0 Å². The van der Waals surface area contributed by atoms with Crippen molar-refractivity contribution in [1.82, 2.24) is 15.5 Å². The number of nitrogens with zero attached hydrogens (tertiary/aromatic N) is 1. The summed E-state index contributed by atoms with van der Waals surface area (Å²) in [6.07, 6.45) is 4.46. The van der Waals surface area contributed by atoms with Crippen molar-refractivity contribution in [2.24, 2.45) is 0 Å². The molecule has 0 aromatic heterocycles. The first-order chi connectivity index (χ1) is 11.1. The predicted molar refractivity (Wildman–Crippen MR) is 91.6 cm³/mol. The SMILES string of the molecule is O=C(NCCC(=O)N1CCCCC1)NCCc1cccc(Cl)c1. The Hall–Kier alpha value is -1.75. The molecule has 2 N–H and O–H groups in total. The highest BCUT2D eigenvalue weighted by Crippen LogP contribution is 2.11. The smallest absolute Gasteiger partial charge is 0.314 e. The lowest BCUT2D eigenvalue weighted by Crippen LogP contribution is -2.40. The lowest BCUT2D eigenvalue weighted by atomic mass is 10.1. The molecule has 1 saturated heterocycles. The molecule has 0 spiro atoms. The van der Waals surface area contributed by atoms with Gasteiger partial charge in [-0.1, -0.05) is 23.7 Å². The Bertz CT molecular complexity index is 530. The number of piperidine rings is 1. The zero-order chi connectivity index (χ0) is 16.5. The third-order valence-corrected chi connectivity index (χ3v) is 4.16. The summed E-state index contributed by atoms with van der Waals surface area (Å²) in [6.45, 7) is 2.61. The standard InChI is InChI=1S/C17H24ClN3O2/c18-15-6-4-5-14(13-15)7-9-19-17(23)20-10-8-16(22)21-11-2-1-3-12-21/h4-6,13H,1-3,7-12H2,(H2,19,20,23). The molecular formula is C17H24ClN3O2. The number of benzene rings is 1. The van der Waals surface area contributed by atoms with Gasteiger partial charge in [0.05, 0.1) is 0 Å². The van der Waals surface area contributed by atoms with Crippen molar-refractivity contribution < 1.29 is 9.59 Å². The summed E-state index contributed by atoms with van der Waals surface area (Å²) < 4.78 is 0. The van der Waals surface area contributed by atoms with Gasteiger partial charge in [0.2, 0.25) is 5.91 Å². The van der Waals surface area contributed by atoms with Crippen LogP contribution >= 0.6 is 11.6 Å². The molecule has 0 aliphatic carbocycles. The first-order valence-corrected chi connectivity index (χ1v) is 8.57. The van der Waals surface area contributed by atoms with Crippen molar-refractivity contribution in [3.8, 4) is 0 Å². The van der Waals surface area contributed by atoms with E-state index in [1.807, 2.05) is 29.2 Å². The van der Waals surface area contributed by atoms with Crippen molar-refractivity contribution in [3.63, 3.8) is 0 Å². The van der Waals surface area contributed by atoms with Gasteiger partial charge in [0, 0.05) is 37.6 Å². The maximum atomic E-state index is 12.0. The number of nitrogens with one attached hydrogen (secondary N) is 2. The highest BCUT2D eigenvalue weighted by atomic mass is 35.5. The van der Waals surface area contributed by atoms with E-state index in [4.69, 9.17) is 11.6 Å². The summed E-state index contributed by atoms with van der Waals surface area (Å²) in [4.78, 5) is 25.5. The van der Waals surface area contributed by atoms with Gasteiger partial charge in [0.15, 0.2) is 0 Å². The number of hydrogen-bond acceptors (Lipinski definition) is 2. The topological polar surface area (TPSA) is 61.4 Å². The molecule has 126 valence electrons. The summed E-state index contributed by atoms with van der Waals surface area (Å²) in [5, 5.41) is 6.21. The molecule has 0 radical (unpaired) electrons. The van der Waals surface area contributed by atoms with Crippen LogP contribution in [0.4, 0.5) is 4.79 Å². The molecule has 0 bridgehead atoms. The van der Waals surface area contributed by atoms with Crippen LogP contribution in [0.3, 0.4) is 0 Å². The second kappa shape index (κ2) is 9.40. The molecule has 23 heavy (non-hydrogen) atoms. The van der Waals surface area contributed by atoms with E-state index in [0.29, 0.717) is 24.5 Å². The molecule has 0 atom stereocenters. The lowest BCUT2D eigenvalue weighted by molar-refractivity contribution is -0.131. The van der Waals surface area contributed by atoms with Gasteiger partial charge in [0.1, 0.15) is 0 Å². The Morgan fingerprint density at radius 3 is 2.57 bits per heavy atom. The van der Waals surface area contributed by atoms with Crippen LogP contribution in [0, 0.1) is 0 Å². The van der Waals surface area contributed by atoms with Gasteiger partial charge >= 0.3 is 6.03 Å². The summed E-state index contributed by atoms with van der Waals surface area (Å²) in [6, 6.07) is 7.34. The Morgan fingerprint density at radius 2 is 1.83 bits per heavy atom. The van der Waals surface area contributed by atoms with Crippen LogP contribution in [-0.2, 0) is 11.2 Å². The maximum absolute atomic E-state index is 12.0. The van der Waals surface area contributed by atoms with Crippen LogP contribution in [0.1, 0.15) is 31.2 Å². The van der Waals surface area contributed by atoms with Crippen molar-refractivity contribution in [1.29, 1.82) is 0 Å². The van der Waals surface area contributed by atoms with Crippen LogP contribution in [0.2, 0.25) is 5.02 Å². The number of amides is 3. The fourth-order valence-corrected chi connectivity index (χ4v) is 2.87. The van der Waals surface area contributed by atoms with E-state index in [9.17, 15) is 9.59 Å². The number of likely N-dealkylation sites (tertiary alicyclic amines) is 1. The minimum atomic E-state index is -0.238. The largest absolute Gasteiger partial charge is 0.343 e. The average Bonchev–Trinajstić information content (AvgIpc) is 2.55. The first-order valence-electron chi connectivity index (χ1n) is 8.19. The monoisotopic (exact) mass is 337 g/mol. The normalized spacial score (nSPS) is 14.4. The minimum absolute atomic E-state index is 0.129. The van der Waals surface area contributed by atoms with E-state index in [1.54, 1.807) is 0 Å². The number of rotatable bonds is 6. The van der Waals surface area contributed by atoms with Crippen LogP contribution in [0.15, 0.2) is 24.3 Å². The second-order valence-electron chi connectivity index (χ2n) is 5.75. The number of urea groups is 1. The first kappa shape index (κ1) is 17.6. The van der Waals surface area contributed by atoms with Crippen molar-refractivity contribution in [3.05, 3.63) is 34.9 Å². The number of halogens is 1. The summed E-state index contributed by atoms with van der Waals surface area (Å²) in [7, 11) is 0. The average molecular weight is 338 g/mol. The zero-order valence-electron chi connectivity index (χ0n) is 13.3. The molecule has 3 amide bonds. The molecule has 1 aliphatic heterocycles. The number of carbonyl (C=O) groups is 2. The zero-order valence-corrected chi connectivity index (χ0v) is 14.1. The van der Waals surface area contributed by atoms with E-state index < -0.39 is 0 Å². The quantitative estimate of drug-likeness (QED) is 0.838. The fraction of sp³-hybridized carbons (Fsp3) is 0.529. The molecular weight excluding hydrogens is 314 g/mol. The highest BCUT2D eigenvalue weighted by Gasteiger charge is 2.15.